The molecule has 0 saturated heterocycles. The molecule has 0 spiro atoms. The number of aliphatic hydroxyl groups excluding tert-OH is 1. The molecule has 0 aliphatic heterocycles. The third-order valence-electron chi connectivity index (χ3n) is 2.12. The number of nitrogens with two attached hydrogens (primary N) is 1. The average Bonchev–Trinajstić information content (AvgIpc) is 2.61. The molecule has 7 heteroatoms. The van der Waals surface area contributed by atoms with E-state index >= 15 is 0 Å². The van der Waals surface area contributed by atoms with E-state index in [-0.39, 0.29) is 17.9 Å². The second-order valence-electron chi connectivity index (χ2n) is 3.38. The van der Waals surface area contributed by atoms with Gasteiger partial charge in [-0.05, 0) is 16.8 Å². The van der Waals surface area contributed by atoms with E-state index in [0.717, 1.165) is 12.8 Å². The Bertz CT molecular complexity index is 292. The Morgan fingerprint density at radius 1 is 1.60 bits per heavy atom. The van der Waals surface area contributed by atoms with Gasteiger partial charge in [0.25, 0.3) is 0 Å². The van der Waals surface area contributed by atoms with Crippen molar-refractivity contribution in [3.8, 4) is 0 Å². The average molecular weight is 231 g/mol. The van der Waals surface area contributed by atoms with Crippen LogP contribution in [0.3, 0.4) is 0 Å². The number of hydrogen-bond acceptors (Lipinski definition) is 6. The van der Waals surface area contributed by atoms with Crippen molar-refractivity contribution in [2.75, 3.05) is 6.61 Å². The maximum absolute atomic E-state index is 9.23. The molecular weight excluding hydrogens is 214 g/mol. The topological polar surface area (TPSA) is 89.8 Å². The molecular formula is C8H17N5OS. The van der Waals surface area contributed by atoms with Crippen molar-refractivity contribution in [3.05, 3.63) is 0 Å². The number of hydrogen-bond donors (Lipinski definition) is 2. The van der Waals surface area contributed by atoms with Crippen LogP contribution in [0.1, 0.15) is 19.8 Å². The second kappa shape index (κ2) is 6.04. The Morgan fingerprint density at radius 3 is 2.80 bits per heavy atom. The number of rotatable bonds is 6. The third-order valence-corrected chi connectivity index (χ3v) is 3.48. The Morgan fingerprint density at radius 2 is 2.33 bits per heavy atom. The van der Waals surface area contributed by atoms with Crippen molar-refractivity contribution < 1.29 is 5.11 Å². The molecule has 3 N–H and O–H groups in total. The molecule has 2 unspecified atom stereocenters. The van der Waals surface area contributed by atoms with Gasteiger partial charge in [0, 0.05) is 13.1 Å². The minimum absolute atomic E-state index is 0.0262. The van der Waals surface area contributed by atoms with Crippen LogP contribution in [0.4, 0.5) is 0 Å². The van der Waals surface area contributed by atoms with Gasteiger partial charge < -0.3 is 10.8 Å². The molecule has 1 rings (SSSR count). The first-order chi connectivity index (χ1) is 7.19. The summed E-state index contributed by atoms with van der Waals surface area (Å²) in [6.07, 6.45) is 1.90. The summed E-state index contributed by atoms with van der Waals surface area (Å²) in [5.74, 6) is 0. The Labute approximate surface area is 93.2 Å². The Kier molecular flexibility index (Phi) is 5.00. The molecule has 0 aliphatic rings. The fourth-order valence-electron chi connectivity index (χ4n) is 1.24. The van der Waals surface area contributed by atoms with E-state index in [4.69, 9.17) is 5.73 Å². The number of aliphatic hydroxyl groups is 1. The molecule has 1 aromatic heterocycles. The van der Waals surface area contributed by atoms with Gasteiger partial charge in [0.1, 0.15) is 0 Å². The summed E-state index contributed by atoms with van der Waals surface area (Å²) in [5.41, 5.74) is 5.95. The van der Waals surface area contributed by atoms with Crippen LogP contribution in [0.15, 0.2) is 5.16 Å². The minimum Gasteiger partial charge on any atom is -0.395 e. The fraction of sp³-hybridized carbons (Fsp3) is 0.875. The predicted octanol–water partition coefficient (Wildman–Crippen LogP) is -0.210. The molecule has 0 bridgehead atoms. The van der Waals surface area contributed by atoms with Crippen LogP contribution in [0.2, 0.25) is 0 Å². The summed E-state index contributed by atoms with van der Waals surface area (Å²) in [6, 6.07) is -0.0262. The Hall–Kier alpha value is -0.660. The maximum atomic E-state index is 9.23. The van der Waals surface area contributed by atoms with Gasteiger partial charge in [0.2, 0.25) is 5.16 Å². The molecule has 2 atom stereocenters. The lowest BCUT2D eigenvalue weighted by atomic mass is 10.1. The van der Waals surface area contributed by atoms with Crippen LogP contribution in [-0.2, 0) is 7.05 Å². The van der Waals surface area contributed by atoms with E-state index in [2.05, 4.69) is 22.4 Å². The molecule has 15 heavy (non-hydrogen) atoms. The molecule has 0 aromatic carbocycles. The van der Waals surface area contributed by atoms with Gasteiger partial charge >= 0.3 is 0 Å². The molecule has 1 heterocycles. The highest BCUT2D eigenvalue weighted by molar-refractivity contribution is 7.99. The highest BCUT2D eigenvalue weighted by atomic mass is 32.2. The lowest BCUT2D eigenvalue weighted by Crippen LogP contribution is -2.35. The van der Waals surface area contributed by atoms with Crippen LogP contribution in [0.5, 0.6) is 0 Å². The normalized spacial score (nSPS) is 15.2. The molecule has 6 nitrogen and oxygen atoms in total. The van der Waals surface area contributed by atoms with Crippen molar-refractivity contribution in [2.24, 2.45) is 12.8 Å². The Balaban J connectivity index is 2.57. The van der Waals surface area contributed by atoms with Crippen molar-refractivity contribution in [1.82, 2.24) is 20.2 Å². The van der Waals surface area contributed by atoms with Crippen molar-refractivity contribution in [3.63, 3.8) is 0 Å². The van der Waals surface area contributed by atoms with Gasteiger partial charge in [0.05, 0.1) is 11.9 Å². The van der Waals surface area contributed by atoms with Gasteiger partial charge in [-0.25, -0.2) is 4.68 Å². The number of tetrazole rings is 1. The molecule has 86 valence electrons. The zero-order valence-electron chi connectivity index (χ0n) is 9.00. The first-order valence-electron chi connectivity index (χ1n) is 4.94. The molecule has 0 aliphatic carbocycles. The fourth-order valence-corrected chi connectivity index (χ4v) is 2.16. The van der Waals surface area contributed by atoms with Crippen molar-refractivity contribution in [1.29, 1.82) is 0 Å². The first-order valence-corrected chi connectivity index (χ1v) is 5.82. The summed E-state index contributed by atoms with van der Waals surface area (Å²) < 4.78 is 1.58. The molecule has 0 radical (unpaired) electrons. The highest BCUT2D eigenvalue weighted by Gasteiger charge is 2.20. The second-order valence-corrected chi connectivity index (χ2v) is 4.58. The summed E-state index contributed by atoms with van der Waals surface area (Å²) >= 11 is 1.42. The summed E-state index contributed by atoms with van der Waals surface area (Å²) in [7, 11) is 1.77. The van der Waals surface area contributed by atoms with E-state index in [9.17, 15) is 5.11 Å². The monoisotopic (exact) mass is 231 g/mol. The van der Waals surface area contributed by atoms with E-state index in [1.54, 1.807) is 11.7 Å². The number of aromatic nitrogens is 4. The maximum Gasteiger partial charge on any atom is 0.209 e. The lowest BCUT2D eigenvalue weighted by Gasteiger charge is -2.19. The number of thioether (sulfide) groups is 1. The SMILES string of the molecule is CCCC(N)C(CO)Sc1nnnn1C. The van der Waals surface area contributed by atoms with Gasteiger partial charge in [-0.3, -0.25) is 0 Å². The molecule has 0 amide bonds. The zero-order chi connectivity index (χ0) is 11.3. The largest absolute Gasteiger partial charge is 0.395 e. The first kappa shape index (κ1) is 12.4. The van der Waals surface area contributed by atoms with Crippen LogP contribution in [-0.4, -0.2) is 43.2 Å². The third kappa shape index (κ3) is 3.44. The number of nitrogens with zero attached hydrogens (tertiary/aromatic N) is 4. The van der Waals surface area contributed by atoms with Crippen LogP contribution < -0.4 is 5.73 Å². The van der Waals surface area contributed by atoms with Gasteiger partial charge in [0.15, 0.2) is 0 Å². The van der Waals surface area contributed by atoms with Crippen molar-refractivity contribution in [2.45, 2.75) is 36.2 Å². The summed E-state index contributed by atoms with van der Waals surface area (Å²) in [4.78, 5) is 0. The highest BCUT2D eigenvalue weighted by Crippen LogP contribution is 2.22. The molecule has 0 saturated carbocycles. The quantitative estimate of drug-likeness (QED) is 0.658. The van der Waals surface area contributed by atoms with E-state index in [1.807, 2.05) is 0 Å². The van der Waals surface area contributed by atoms with Gasteiger partial charge in [-0.2, -0.15) is 0 Å². The van der Waals surface area contributed by atoms with E-state index in [1.165, 1.54) is 11.8 Å². The molecule has 1 aromatic rings. The van der Waals surface area contributed by atoms with E-state index in [0.29, 0.717) is 5.16 Å². The van der Waals surface area contributed by atoms with E-state index < -0.39 is 0 Å². The lowest BCUT2D eigenvalue weighted by molar-refractivity contribution is 0.279. The summed E-state index contributed by atoms with van der Waals surface area (Å²) in [6.45, 7) is 2.11. The standard InChI is InChI=1S/C8H17N5OS/c1-3-4-6(9)7(5-14)15-8-10-11-12-13(8)2/h6-7,14H,3-5,9H2,1-2H3. The van der Waals surface area contributed by atoms with Crippen LogP contribution in [0.25, 0.3) is 0 Å². The predicted molar refractivity (Wildman–Crippen MR) is 58.4 cm³/mol. The molecule has 0 fully saturated rings. The van der Waals surface area contributed by atoms with Gasteiger partial charge in [-0.15, -0.1) is 5.10 Å². The summed E-state index contributed by atoms with van der Waals surface area (Å²) in [5, 5.41) is 21.0. The van der Waals surface area contributed by atoms with Crippen LogP contribution in [0, 0.1) is 0 Å². The van der Waals surface area contributed by atoms with Crippen LogP contribution >= 0.6 is 11.8 Å². The van der Waals surface area contributed by atoms with Crippen molar-refractivity contribution >= 4 is 11.8 Å². The smallest absolute Gasteiger partial charge is 0.209 e. The zero-order valence-corrected chi connectivity index (χ0v) is 9.81. The minimum atomic E-state index is -0.0466. The number of aryl methyl sites for hydroxylation is 1. The van der Waals surface area contributed by atoms with Gasteiger partial charge in [-0.1, -0.05) is 25.1 Å².